The van der Waals surface area contributed by atoms with Gasteiger partial charge >= 0.3 is 0 Å². The van der Waals surface area contributed by atoms with Crippen molar-refractivity contribution in [3.8, 4) is 11.8 Å². The van der Waals surface area contributed by atoms with Crippen LogP contribution in [0.3, 0.4) is 0 Å². The molecule has 3 aromatic rings. The first kappa shape index (κ1) is 19.1. The average molecular weight is 398 g/mol. The summed E-state index contributed by atoms with van der Waals surface area (Å²) in [5, 5.41) is 16.5. The van der Waals surface area contributed by atoms with Gasteiger partial charge in [0.2, 0.25) is 0 Å². The molecular weight excluding hydrogens is 378 g/mol. The third-order valence-electron chi connectivity index (χ3n) is 3.97. The molecule has 2 heterocycles. The number of nitrogens with zero attached hydrogens (tertiary/aromatic N) is 4. The number of carbonyl (C=O) groups is 1. The second kappa shape index (κ2) is 8.37. The predicted molar refractivity (Wildman–Crippen MR) is 109 cm³/mol. The number of amides is 1. The number of nitriles is 1. The van der Waals surface area contributed by atoms with E-state index >= 15 is 0 Å². The minimum absolute atomic E-state index is 0.226. The number of hydrogen-bond donors (Lipinski definition) is 1. The Morgan fingerprint density at radius 2 is 2.07 bits per heavy atom. The van der Waals surface area contributed by atoms with Gasteiger partial charge in [0.25, 0.3) is 5.91 Å². The summed E-state index contributed by atoms with van der Waals surface area (Å²) >= 11 is 2.81. The minimum atomic E-state index is -0.226. The maximum atomic E-state index is 12.8. The van der Waals surface area contributed by atoms with E-state index in [2.05, 4.69) is 21.5 Å². The quantitative estimate of drug-likeness (QED) is 0.624. The van der Waals surface area contributed by atoms with Crippen molar-refractivity contribution in [2.75, 3.05) is 11.1 Å². The van der Waals surface area contributed by atoms with Crippen LogP contribution in [0.4, 0.5) is 5.13 Å². The Kier molecular flexibility index (Phi) is 5.94. The third kappa shape index (κ3) is 4.21. The number of rotatable bonds is 6. The molecule has 3 rings (SSSR count). The lowest BCUT2D eigenvalue weighted by molar-refractivity contribution is 0.102. The number of benzene rings is 1. The number of anilines is 1. The predicted octanol–water partition coefficient (Wildman–Crippen LogP) is 4.38. The second-order valence-corrected chi connectivity index (χ2v) is 8.14. The first-order valence-electron chi connectivity index (χ1n) is 8.46. The van der Waals surface area contributed by atoms with Gasteiger partial charge in [0.1, 0.15) is 0 Å². The number of hydrogen-bond acceptors (Lipinski definition) is 6. The van der Waals surface area contributed by atoms with E-state index < -0.39 is 0 Å². The number of carbonyl (C=O) groups excluding carboxylic acids is 1. The second-order valence-electron chi connectivity index (χ2n) is 5.90. The number of thiazole rings is 1. The van der Waals surface area contributed by atoms with Crippen LogP contribution < -0.4 is 5.32 Å². The largest absolute Gasteiger partial charge is 0.298 e. The fourth-order valence-electron chi connectivity index (χ4n) is 2.64. The maximum Gasteiger partial charge on any atom is 0.260 e. The Hall–Kier alpha value is -2.63. The molecule has 0 aliphatic heterocycles. The van der Waals surface area contributed by atoms with Crippen molar-refractivity contribution >= 4 is 34.1 Å². The van der Waals surface area contributed by atoms with Crippen LogP contribution in [-0.2, 0) is 6.42 Å². The molecule has 0 atom stereocenters. The molecule has 0 aliphatic carbocycles. The molecule has 0 unspecified atom stereocenters. The van der Waals surface area contributed by atoms with E-state index in [1.165, 1.54) is 28.7 Å². The molecule has 0 saturated carbocycles. The van der Waals surface area contributed by atoms with Gasteiger partial charge in [0.05, 0.1) is 44.9 Å². The lowest BCUT2D eigenvalue weighted by Crippen LogP contribution is -2.14. The SMILES string of the molecule is CCc1c(C(=O)Nc2nc(C)c(SCC#N)s2)cnn1-c1ccc(C)cc1. The molecule has 1 N–H and O–H groups in total. The smallest absolute Gasteiger partial charge is 0.260 e. The summed E-state index contributed by atoms with van der Waals surface area (Å²) in [6.07, 6.45) is 2.27. The Labute approximate surface area is 166 Å². The summed E-state index contributed by atoms with van der Waals surface area (Å²) in [5.41, 5.74) is 4.31. The van der Waals surface area contributed by atoms with Gasteiger partial charge in [-0.25, -0.2) is 9.67 Å². The van der Waals surface area contributed by atoms with Gasteiger partial charge in [0, 0.05) is 0 Å². The van der Waals surface area contributed by atoms with E-state index in [1.54, 1.807) is 10.9 Å². The number of aryl methyl sites for hydroxylation is 2. The number of nitrogens with one attached hydrogen (secondary N) is 1. The standard InChI is InChI=1S/C19H19N5OS2/c1-4-16-15(11-21-24(16)14-7-5-12(2)6-8-14)17(25)23-19-22-13(3)18(27-19)26-10-9-20/h5-8,11H,4,10H2,1-3H3,(H,22,23,25). The molecule has 1 amide bonds. The van der Waals surface area contributed by atoms with Crippen LogP contribution in [-0.4, -0.2) is 26.4 Å². The Balaban J connectivity index is 1.83. The molecule has 0 spiro atoms. The van der Waals surface area contributed by atoms with E-state index in [0.29, 0.717) is 22.9 Å². The fraction of sp³-hybridized carbons (Fsp3) is 0.263. The Morgan fingerprint density at radius 1 is 1.33 bits per heavy atom. The molecule has 0 bridgehead atoms. The first-order valence-corrected chi connectivity index (χ1v) is 10.3. The highest BCUT2D eigenvalue weighted by Crippen LogP contribution is 2.32. The monoisotopic (exact) mass is 397 g/mol. The van der Waals surface area contributed by atoms with Crippen LogP contribution in [0.15, 0.2) is 34.7 Å². The topological polar surface area (TPSA) is 83.6 Å². The minimum Gasteiger partial charge on any atom is -0.298 e. The van der Waals surface area contributed by atoms with Crippen LogP contribution in [0.1, 0.15) is 34.2 Å². The lowest BCUT2D eigenvalue weighted by Gasteiger charge is -2.08. The molecular formula is C19H19N5OS2. The van der Waals surface area contributed by atoms with Crippen molar-refractivity contribution in [3.63, 3.8) is 0 Å². The van der Waals surface area contributed by atoms with Gasteiger partial charge in [-0.05, 0) is 32.4 Å². The molecule has 0 fully saturated rings. The molecule has 1 aromatic carbocycles. The van der Waals surface area contributed by atoms with Crippen LogP contribution in [0.25, 0.3) is 5.69 Å². The average Bonchev–Trinajstić information content (AvgIpc) is 3.23. The van der Waals surface area contributed by atoms with E-state index in [-0.39, 0.29) is 5.91 Å². The molecule has 0 saturated heterocycles. The van der Waals surface area contributed by atoms with Crippen molar-refractivity contribution in [3.05, 3.63) is 53.0 Å². The molecule has 8 heteroatoms. The summed E-state index contributed by atoms with van der Waals surface area (Å²) in [5.74, 6) is 0.135. The normalized spacial score (nSPS) is 10.6. The first-order chi connectivity index (χ1) is 13.0. The summed E-state index contributed by atoms with van der Waals surface area (Å²) in [6.45, 7) is 5.91. The summed E-state index contributed by atoms with van der Waals surface area (Å²) in [7, 11) is 0. The van der Waals surface area contributed by atoms with E-state index in [4.69, 9.17) is 5.26 Å². The summed E-state index contributed by atoms with van der Waals surface area (Å²) in [4.78, 5) is 17.2. The van der Waals surface area contributed by atoms with Crippen LogP contribution in [0, 0.1) is 25.2 Å². The Morgan fingerprint density at radius 3 is 2.74 bits per heavy atom. The van der Waals surface area contributed by atoms with Crippen LogP contribution >= 0.6 is 23.1 Å². The maximum absolute atomic E-state index is 12.8. The van der Waals surface area contributed by atoms with Crippen molar-refractivity contribution in [1.29, 1.82) is 5.26 Å². The van der Waals surface area contributed by atoms with Gasteiger partial charge in [-0.15, -0.1) is 0 Å². The molecule has 0 aliphatic rings. The molecule has 138 valence electrons. The van der Waals surface area contributed by atoms with E-state index in [9.17, 15) is 4.79 Å². The van der Waals surface area contributed by atoms with Crippen molar-refractivity contribution < 1.29 is 4.79 Å². The van der Waals surface area contributed by atoms with Crippen molar-refractivity contribution in [2.45, 2.75) is 31.4 Å². The summed E-state index contributed by atoms with van der Waals surface area (Å²) < 4.78 is 2.74. The zero-order valence-corrected chi connectivity index (χ0v) is 16.9. The van der Waals surface area contributed by atoms with E-state index in [1.807, 2.05) is 45.0 Å². The van der Waals surface area contributed by atoms with Gasteiger partial charge < -0.3 is 0 Å². The van der Waals surface area contributed by atoms with E-state index in [0.717, 1.165) is 21.3 Å². The lowest BCUT2D eigenvalue weighted by atomic mass is 10.2. The van der Waals surface area contributed by atoms with Gasteiger partial charge in [-0.3, -0.25) is 10.1 Å². The fourth-order valence-corrected chi connectivity index (χ4v) is 4.44. The zero-order valence-electron chi connectivity index (χ0n) is 15.3. The highest BCUT2D eigenvalue weighted by atomic mass is 32.2. The van der Waals surface area contributed by atoms with Gasteiger partial charge in [-0.2, -0.15) is 10.4 Å². The summed E-state index contributed by atoms with van der Waals surface area (Å²) in [6, 6.07) is 10.1. The van der Waals surface area contributed by atoms with Crippen molar-refractivity contribution in [1.82, 2.24) is 14.8 Å². The van der Waals surface area contributed by atoms with Crippen LogP contribution in [0.5, 0.6) is 0 Å². The Bertz CT molecular complexity index is 998. The highest BCUT2D eigenvalue weighted by Gasteiger charge is 2.19. The van der Waals surface area contributed by atoms with Gasteiger partial charge in [0.15, 0.2) is 5.13 Å². The molecule has 2 aromatic heterocycles. The van der Waals surface area contributed by atoms with Crippen LogP contribution in [0.2, 0.25) is 0 Å². The number of thioether (sulfide) groups is 1. The molecule has 27 heavy (non-hydrogen) atoms. The molecule has 0 radical (unpaired) electrons. The zero-order chi connectivity index (χ0) is 19.4. The highest BCUT2D eigenvalue weighted by molar-refractivity contribution is 8.01. The number of aromatic nitrogens is 3. The third-order valence-corrected chi connectivity index (χ3v) is 6.27. The van der Waals surface area contributed by atoms with Crippen molar-refractivity contribution in [2.24, 2.45) is 0 Å². The van der Waals surface area contributed by atoms with Gasteiger partial charge in [-0.1, -0.05) is 47.7 Å². The molecule has 6 nitrogen and oxygen atoms in total.